The molecule has 23 heavy (non-hydrogen) atoms. The quantitative estimate of drug-likeness (QED) is 0.597. The second kappa shape index (κ2) is 7.18. The standard InChI is InChI=1S/C19H19FO3/c1-3-16(21)19(2,20)18(22)23-17(14-10-6-4-7-11-14)15-12-8-5-9-13-15/h4-13,17H,3H2,1-2H3/t19-/m0/s1. The second-order valence-corrected chi connectivity index (χ2v) is 5.39. The van der Waals surface area contributed by atoms with Gasteiger partial charge in [-0.15, -0.1) is 0 Å². The molecular weight excluding hydrogens is 295 g/mol. The number of ether oxygens (including phenoxy) is 1. The van der Waals surface area contributed by atoms with Gasteiger partial charge in [-0.3, -0.25) is 4.79 Å². The zero-order chi connectivity index (χ0) is 16.9. The fraction of sp³-hybridized carbons (Fsp3) is 0.263. The number of rotatable bonds is 6. The van der Waals surface area contributed by atoms with Crippen molar-refractivity contribution in [2.24, 2.45) is 0 Å². The number of esters is 1. The molecule has 0 aromatic heterocycles. The summed E-state index contributed by atoms with van der Waals surface area (Å²) in [4.78, 5) is 23.9. The lowest BCUT2D eigenvalue weighted by molar-refractivity contribution is -0.164. The molecule has 0 heterocycles. The lowest BCUT2D eigenvalue weighted by Gasteiger charge is -2.23. The molecule has 0 aliphatic rings. The maximum atomic E-state index is 14.4. The molecular formula is C19H19FO3. The summed E-state index contributed by atoms with van der Waals surface area (Å²) >= 11 is 0. The Balaban J connectivity index is 2.33. The van der Waals surface area contributed by atoms with E-state index in [0.717, 1.165) is 6.92 Å². The van der Waals surface area contributed by atoms with Crippen molar-refractivity contribution in [3.63, 3.8) is 0 Å². The highest BCUT2D eigenvalue weighted by Crippen LogP contribution is 2.29. The number of carbonyl (C=O) groups is 2. The first-order valence-corrected chi connectivity index (χ1v) is 7.50. The third-order valence-corrected chi connectivity index (χ3v) is 3.66. The van der Waals surface area contributed by atoms with Gasteiger partial charge in [0.2, 0.25) is 0 Å². The van der Waals surface area contributed by atoms with Crippen LogP contribution in [-0.4, -0.2) is 17.4 Å². The number of hydrogen-bond donors (Lipinski definition) is 0. The minimum Gasteiger partial charge on any atom is -0.450 e. The van der Waals surface area contributed by atoms with Gasteiger partial charge in [-0.25, -0.2) is 9.18 Å². The van der Waals surface area contributed by atoms with Crippen LogP contribution in [0.5, 0.6) is 0 Å². The van der Waals surface area contributed by atoms with Gasteiger partial charge in [0, 0.05) is 6.42 Å². The Kier molecular flexibility index (Phi) is 5.27. The monoisotopic (exact) mass is 314 g/mol. The summed E-state index contributed by atoms with van der Waals surface area (Å²) in [5, 5.41) is 0. The van der Waals surface area contributed by atoms with Crippen molar-refractivity contribution in [1.29, 1.82) is 0 Å². The third kappa shape index (κ3) is 3.83. The SMILES string of the molecule is CCC(=O)[C@](C)(F)C(=O)OC(c1ccccc1)c1ccccc1. The van der Waals surface area contributed by atoms with E-state index < -0.39 is 23.5 Å². The van der Waals surface area contributed by atoms with Crippen molar-refractivity contribution >= 4 is 11.8 Å². The summed E-state index contributed by atoms with van der Waals surface area (Å²) in [6, 6.07) is 18.1. The van der Waals surface area contributed by atoms with E-state index >= 15 is 0 Å². The molecule has 2 aromatic carbocycles. The van der Waals surface area contributed by atoms with Crippen molar-refractivity contribution in [2.45, 2.75) is 32.0 Å². The summed E-state index contributed by atoms with van der Waals surface area (Å²) in [5.74, 6) is -1.95. The van der Waals surface area contributed by atoms with Gasteiger partial charge < -0.3 is 4.74 Å². The normalized spacial score (nSPS) is 13.4. The average Bonchev–Trinajstić information content (AvgIpc) is 2.60. The van der Waals surface area contributed by atoms with Crippen LogP contribution in [0.4, 0.5) is 4.39 Å². The van der Waals surface area contributed by atoms with Gasteiger partial charge in [0.05, 0.1) is 0 Å². The van der Waals surface area contributed by atoms with Crippen molar-refractivity contribution < 1.29 is 18.7 Å². The Morgan fingerprint density at radius 1 is 1.00 bits per heavy atom. The maximum Gasteiger partial charge on any atom is 0.352 e. The number of Topliss-reactive ketones (excluding diaryl/α,β-unsaturated/α-hetero) is 1. The van der Waals surface area contributed by atoms with E-state index in [1.165, 1.54) is 6.92 Å². The topological polar surface area (TPSA) is 43.4 Å². The Labute approximate surface area is 135 Å². The van der Waals surface area contributed by atoms with Gasteiger partial charge in [-0.1, -0.05) is 67.6 Å². The van der Waals surface area contributed by atoms with Crippen molar-refractivity contribution in [2.75, 3.05) is 0 Å². The molecule has 4 heteroatoms. The fourth-order valence-electron chi connectivity index (χ4n) is 2.25. The number of alkyl halides is 1. The minimum absolute atomic E-state index is 0.0660. The van der Waals surface area contributed by atoms with Crippen molar-refractivity contribution in [1.82, 2.24) is 0 Å². The molecule has 0 bridgehead atoms. The smallest absolute Gasteiger partial charge is 0.352 e. The Morgan fingerprint density at radius 2 is 1.43 bits per heavy atom. The molecule has 0 aliphatic heterocycles. The van der Waals surface area contributed by atoms with E-state index in [-0.39, 0.29) is 6.42 Å². The molecule has 0 amide bonds. The third-order valence-electron chi connectivity index (χ3n) is 3.66. The highest BCUT2D eigenvalue weighted by Gasteiger charge is 2.43. The summed E-state index contributed by atoms with van der Waals surface area (Å²) in [5.41, 5.74) is -1.21. The molecule has 3 nitrogen and oxygen atoms in total. The van der Waals surface area contributed by atoms with Crippen LogP contribution in [0.1, 0.15) is 37.5 Å². The first-order valence-electron chi connectivity index (χ1n) is 7.50. The lowest BCUT2D eigenvalue weighted by atomic mass is 9.99. The van der Waals surface area contributed by atoms with Gasteiger partial charge in [0.1, 0.15) is 0 Å². The number of hydrogen-bond acceptors (Lipinski definition) is 3. The van der Waals surface area contributed by atoms with Gasteiger partial charge in [0.25, 0.3) is 5.67 Å². The lowest BCUT2D eigenvalue weighted by Crippen LogP contribution is -2.41. The maximum absolute atomic E-state index is 14.4. The van der Waals surface area contributed by atoms with Crippen LogP contribution in [0.2, 0.25) is 0 Å². The van der Waals surface area contributed by atoms with Gasteiger partial charge in [-0.05, 0) is 18.1 Å². The molecule has 2 aromatic rings. The average molecular weight is 314 g/mol. The predicted octanol–water partition coefficient (Wildman–Crippen LogP) is 4.03. The molecule has 0 radical (unpaired) electrons. The zero-order valence-corrected chi connectivity index (χ0v) is 13.2. The molecule has 0 N–H and O–H groups in total. The summed E-state index contributed by atoms with van der Waals surface area (Å²) in [7, 11) is 0. The van der Waals surface area contributed by atoms with Crippen LogP contribution in [0.3, 0.4) is 0 Å². The van der Waals surface area contributed by atoms with E-state index in [9.17, 15) is 14.0 Å². The summed E-state index contributed by atoms with van der Waals surface area (Å²) in [6.07, 6.45) is -0.826. The fourth-order valence-corrected chi connectivity index (χ4v) is 2.25. The molecule has 2 rings (SSSR count). The molecule has 0 saturated heterocycles. The van der Waals surface area contributed by atoms with Gasteiger partial charge in [0.15, 0.2) is 11.9 Å². The highest BCUT2D eigenvalue weighted by atomic mass is 19.1. The van der Waals surface area contributed by atoms with Gasteiger partial charge in [-0.2, -0.15) is 0 Å². The van der Waals surface area contributed by atoms with E-state index in [1.54, 1.807) is 24.3 Å². The van der Waals surface area contributed by atoms with Crippen LogP contribution in [0.15, 0.2) is 60.7 Å². The number of ketones is 1. The second-order valence-electron chi connectivity index (χ2n) is 5.39. The number of benzene rings is 2. The predicted molar refractivity (Wildman–Crippen MR) is 85.6 cm³/mol. The Morgan fingerprint density at radius 3 is 1.83 bits per heavy atom. The number of halogens is 1. The van der Waals surface area contributed by atoms with E-state index in [0.29, 0.717) is 11.1 Å². The zero-order valence-electron chi connectivity index (χ0n) is 13.2. The van der Waals surface area contributed by atoms with E-state index in [4.69, 9.17) is 4.74 Å². The van der Waals surface area contributed by atoms with Crippen LogP contribution in [0.25, 0.3) is 0 Å². The summed E-state index contributed by atoms with van der Waals surface area (Å²) < 4.78 is 19.8. The molecule has 0 aliphatic carbocycles. The van der Waals surface area contributed by atoms with Crippen LogP contribution in [0, 0.1) is 0 Å². The minimum atomic E-state index is -2.64. The Bertz CT molecular complexity index is 626. The largest absolute Gasteiger partial charge is 0.450 e. The number of carbonyl (C=O) groups excluding carboxylic acids is 2. The molecule has 0 spiro atoms. The molecule has 0 unspecified atom stereocenters. The van der Waals surface area contributed by atoms with Crippen LogP contribution >= 0.6 is 0 Å². The van der Waals surface area contributed by atoms with E-state index in [1.807, 2.05) is 36.4 Å². The molecule has 120 valence electrons. The molecule has 1 atom stereocenters. The first kappa shape index (κ1) is 16.9. The van der Waals surface area contributed by atoms with Crippen LogP contribution < -0.4 is 0 Å². The van der Waals surface area contributed by atoms with Crippen molar-refractivity contribution in [3.05, 3.63) is 71.8 Å². The van der Waals surface area contributed by atoms with Crippen LogP contribution in [-0.2, 0) is 14.3 Å². The van der Waals surface area contributed by atoms with Crippen molar-refractivity contribution in [3.8, 4) is 0 Å². The summed E-state index contributed by atoms with van der Waals surface area (Å²) in [6.45, 7) is 2.47. The Hall–Kier alpha value is -2.49. The first-order chi connectivity index (χ1) is 11.0. The molecule has 0 saturated carbocycles. The molecule has 0 fully saturated rings. The van der Waals surface area contributed by atoms with Gasteiger partial charge >= 0.3 is 5.97 Å². The van der Waals surface area contributed by atoms with E-state index in [2.05, 4.69) is 0 Å². The highest BCUT2D eigenvalue weighted by molar-refractivity contribution is 6.06.